The third-order valence-electron chi connectivity index (χ3n) is 2.72. The van der Waals surface area contributed by atoms with Crippen molar-refractivity contribution in [1.82, 2.24) is 0 Å². The number of rotatable bonds is 2. The molecule has 18 heavy (non-hydrogen) atoms. The fourth-order valence-corrected chi connectivity index (χ4v) is 2.48. The first-order valence-corrected chi connectivity index (χ1v) is 6.46. The summed E-state index contributed by atoms with van der Waals surface area (Å²) >= 11 is 0. The van der Waals surface area contributed by atoms with Gasteiger partial charge in [0.2, 0.25) is 5.91 Å². The number of hydrogen-bond donors (Lipinski definition) is 1. The van der Waals surface area contributed by atoms with Crippen LogP contribution < -0.4 is 4.90 Å². The summed E-state index contributed by atoms with van der Waals surface area (Å²) in [7, 11) is -4.84. The third kappa shape index (κ3) is 2.28. The van der Waals surface area contributed by atoms with Crippen molar-refractivity contribution in [2.75, 3.05) is 11.4 Å². The second-order valence-corrected chi connectivity index (χ2v) is 5.56. The Morgan fingerprint density at radius 3 is 2.61 bits per heavy atom. The molecule has 0 bridgehead atoms. The Hall–Kier alpha value is -1.70. The summed E-state index contributed by atoms with van der Waals surface area (Å²) in [4.78, 5) is 12.4. The summed E-state index contributed by atoms with van der Waals surface area (Å²) in [5.41, 5.74) is -0.161. The van der Waals surface area contributed by atoms with Crippen LogP contribution in [0.4, 0.5) is 14.0 Å². The molecule has 1 aromatic carbocycles. The fourth-order valence-electron chi connectivity index (χ4n) is 1.81. The molecule has 1 atom stereocenters. The number of benzene rings is 1. The lowest BCUT2D eigenvalue weighted by atomic mass is 10.2. The number of hydrogen-bond acceptors (Lipinski definition) is 4. The number of halogens is 2. The number of nitrogens with zero attached hydrogens (tertiary/aromatic N) is 1. The first-order chi connectivity index (χ1) is 8.29. The number of amides is 1. The van der Waals surface area contributed by atoms with Crippen LogP contribution in [-0.4, -0.2) is 31.2 Å². The van der Waals surface area contributed by atoms with Crippen molar-refractivity contribution in [2.24, 2.45) is 0 Å². The van der Waals surface area contributed by atoms with E-state index in [4.69, 9.17) is 0 Å². The van der Waals surface area contributed by atoms with Gasteiger partial charge in [0, 0.05) is 19.0 Å². The molecule has 0 saturated carbocycles. The minimum absolute atomic E-state index is 0.161. The molecule has 1 heterocycles. The molecular formula is C10H9F2NO4S. The van der Waals surface area contributed by atoms with Crippen LogP contribution in [0, 0.1) is 5.82 Å². The van der Waals surface area contributed by atoms with E-state index < -0.39 is 40.2 Å². The van der Waals surface area contributed by atoms with E-state index in [1.807, 2.05) is 0 Å². The van der Waals surface area contributed by atoms with Gasteiger partial charge in [0.15, 0.2) is 0 Å². The maximum atomic E-state index is 13.0. The quantitative estimate of drug-likeness (QED) is 0.816. The van der Waals surface area contributed by atoms with E-state index in [2.05, 4.69) is 0 Å². The Balaban J connectivity index is 2.35. The second kappa shape index (κ2) is 4.20. The highest BCUT2D eigenvalue weighted by atomic mass is 32.3. The number of aromatic hydroxyl groups is 1. The SMILES string of the molecule is O=C1CC(S(=O)(=O)F)CN1c1cc(F)ccc1O. The highest BCUT2D eigenvalue weighted by molar-refractivity contribution is 7.87. The van der Waals surface area contributed by atoms with E-state index in [1.165, 1.54) is 0 Å². The standard InChI is InChI=1S/C10H9F2NO4S/c11-6-1-2-9(14)8(3-6)13-5-7(4-10(13)15)18(12,16)17/h1-3,7,14H,4-5H2. The third-order valence-corrected chi connectivity index (χ3v) is 3.83. The molecule has 2 rings (SSSR count). The molecular weight excluding hydrogens is 268 g/mol. The number of phenolic OH excluding ortho intramolecular Hbond substituents is 1. The maximum absolute atomic E-state index is 13.0. The lowest BCUT2D eigenvalue weighted by Crippen LogP contribution is -2.27. The van der Waals surface area contributed by atoms with Gasteiger partial charge < -0.3 is 10.0 Å². The highest BCUT2D eigenvalue weighted by Gasteiger charge is 2.39. The summed E-state index contributed by atoms with van der Waals surface area (Å²) in [6, 6.07) is 2.92. The van der Waals surface area contributed by atoms with Gasteiger partial charge in [0.25, 0.3) is 0 Å². The Labute approximate surface area is 102 Å². The Morgan fingerprint density at radius 1 is 1.39 bits per heavy atom. The molecule has 8 heteroatoms. The minimum atomic E-state index is -4.84. The van der Waals surface area contributed by atoms with Crippen molar-refractivity contribution >= 4 is 21.8 Å². The van der Waals surface area contributed by atoms with Crippen molar-refractivity contribution in [3.05, 3.63) is 24.0 Å². The normalized spacial score (nSPS) is 20.4. The smallest absolute Gasteiger partial charge is 0.307 e. The van der Waals surface area contributed by atoms with Crippen LogP contribution in [0.15, 0.2) is 18.2 Å². The van der Waals surface area contributed by atoms with Crippen LogP contribution in [0.2, 0.25) is 0 Å². The highest BCUT2D eigenvalue weighted by Crippen LogP contribution is 2.32. The zero-order valence-electron chi connectivity index (χ0n) is 9.01. The monoisotopic (exact) mass is 277 g/mol. The Kier molecular flexibility index (Phi) is 2.97. The fraction of sp³-hybridized carbons (Fsp3) is 0.300. The predicted octanol–water partition coefficient (Wildman–Crippen LogP) is 0.936. The molecule has 0 spiro atoms. The van der Waals surface area contributed by atoms with Crippen LogP contribution in [-0.2, 0) is 15.0 Å². The molecule has 1 N–H and O–H groups in total. The summed E-state index contributed by atoms with van der Waals surface area (Å²) in [6.45, 7) is -0.436. The van der Waals surface area contributed by atoms with E-state index in [1.54, 1.807) is 0 Å². The molecule has 1 amide bonds. The van der Waals surface area contributed by atoms with Crippen LogP contribution in [0.25, 0.3) is 0 Å². The number of anilines is 1. The molecule has 1 fully saturated rings. The van der Waals surface area contributed by atoms with Gasteiger partial charge in [-0.15, -0.1) is 3.89 Å². The molecule has 98 valence electrons. The molecule has 1 saturated heterocycles. The average molecular weight is 277 g/mol. The molecule has 0 aromatic heterocycles. The number of phenols is 1. The first-order valence-electron chi connectivity index (χ1n) is 5.01. The molecule has 1 aromatic rings. The summed E-state index contributed by atoms with van der Waals surface area (Å²) in [6.07, 6.45) is -0.519. The molecule has 0 aliphatic carbocycles. The van der Waals surface area contributed by atoms with Crippen molar-refractivity contribution in [2.45, 2.75) is 11.7 Å². The zero-order valence-corrected chi connectivity index (χ0v) is 9.82. The van der Waals surface area contributed by atoms with Gasteiger partial charge >= 0.3 is 10.2 Å². The van der Waals surface area contributed by atoms with Crippen molar-refractivity contribution in [1.29, 1.82) is 0 Å². The molecule has 1 aliphatic rings. The summed E-state index contributed by atoms with van der Waals surface area (Å²) < 4.78 is 47.3. The predicted molar refractivity (Wildman–Crippen MR) is 58.9 cm³/mol. The molecule has 1 aliphatic heterocycles. The van der Waals surface area contributed by atoms with Crippen LogP contribution in [0.1, 0.15) is 6.42 Å². The van der Waals surface area contributed by atoms with Crippen LogP contribution in [0.3, 0.4) is 0 Å². The second-order valence-electron chi connectivity index (χ2n) is 3.94. The van der Waals surface area contributed by atoms with Gasteiger partial charge in [-0.3, -0.25) is 4.79 Å². The van der Waals surface area contributed by atoms with E-state index in [0.29, 0.717) is 0 Å². The van der Waals surface area contributed by atoms with Crippen LogP contribution >= 0.6 is 0 Å². The van der Waals surface area contributed by atoms with Gasteiger partial charge in [-0.2, -0.15) is 8.42 Å². The lowest BCUT2D eigenvalue weighted by Gasteiger charge is -2.17. The molecule has 1 unspecified atom stereocenters. The van der Waals surface area contributed by atoms with Crippen molar-refractivity contribution in [3.63, 3.8) is 0 Å². The van der Waals surface area contributed by atoms with Gasteiger partial charge in [0.1, 0.15) is 16.8 Å². The first kappa shape index (κ1) is 12.7. The average Bonchev–Trinajstić information content (AvgIpc) is 2.64. The van der Waals surface area contributed by atoms with Gasteiger partial charge in [-0.05, 0) is 12.1 Å². The van der Waals surface area contributed by atoms with Gasteiger partial charge in [0.05, 0.1) is 5.69 Å². The maximum Gasteiger partial charge on any atom is 0.307 e. The summed E-state index contributed by atoms with van der Waals surface area (Å²) in [5.74, 6) is -1.74. The van der Waals surface area contributed by atoms with Crippen molar-refractivity contribution in [3.8, 4) is 5.75 Å². The number of carbonyl (C=O) groups is 1. The Bertz CT molecular complexity index is 602. The van der Waals surface area contributed by atoms with Crippen molar-refractivity contribution < 1.29 is 26.6 Å². The van der Waals surface area contributed by atoms with Gasteiger partial charge in [-0.1, -0.05) is 0 Å². The van der Waals surface area contributed by atoms with E-state index >= 15 is 0 Å². The van der Waals surface area contributed by atoms with E-state index in [0.717, 1.165) is 23.1 Å². The van der Waals surface area contributed by atoms with E-state index in [-0.39, 0.29) is 11.4 Å². The zero-order chi connectivity index (χ0) is 13.5. The number of carbonyl (C=O) groups excluding carboxylic acids is 1. The lowest BCUT2D eigenvalue weighted by molar-refractivity contribution is -0.117. The summed E-state index contributed by atoms with van der Waals surface area (Å²) in [5, 5.41) is 8.02. The topological polar surface area (TPSA) is 74.7 Å². The Morgan fingerprint density at radius 2 is 2.06 bits per heavy atom. The largest absolute Gasteiger partial charge is 0.506 e. The molecule has 5 nitrogen and oxygen atoms in total. The van der Waals surface area contributed by atoms with Crippen LogP contribution in [0.5, 0.6) is 5.75 Å². The van der Waals surface area contributed by atoms with Gasteiger partial charge in [-0.25, -0.2) is 4.39 Å². The van der Waals surface area contributed by atoms with E-state index in [9.17, 15) is 26.6 Å². The molecule has 0 radical (unpaired) electrons. The minimum Gasteiger partial charge on any atom is -0.506 e.